The Morgan fingerprint density at radius 2 is 2.32 bits per heavy atom. The number of ether oxygens (including phenoxy) is 1. The number of hydrogen-bond donors (Lipinski definition) is 4. The quantitative estimate of drug-likeness (QED) is 0.548. The number of aromatic nitrogens is 3. The van der Waals surface area contributed by atoms with Crippen LogP contribution >= 0.6 is 11.6 Å². The zero-order chi connectivity index (χ0) is 18.5. The molecule has 0 bridgehead atoms. The number of alkyl halides is 1. The first-order valence-electron chi connectivity index (χ1n) is 7.09. The molecule has 5 N–H and O–H groups in total. The maximum Gasteiger partial charge on any atom is 0.264 e. The van der Waals surface area contributed by atoms with E-state index in [1.165, 1.54) is 6.92 Å². The van der Waals surface area contributed by atoms with E-state index in [2.05, 4.69) is 9.97 Å². The summed E-state index contributed by atoms with van der Waals surface area (Å²) in [7, 11) is 0. The molecule has 0 aliphatic carbocycles. The Hall–Kier alpha value is -2.19. The second-order valence-electron chi connectivity index (χ2n) is 5.66. The van der Waals surface area contributed by atoms with Crippen molar-refractivity contribution < 1.29 is 23.7 Å². The molecular formula is C14H13ClF2N4O4. The lowest BCUT2D eigenvalue weighted by molar-refractivity contribution is -0.0776. The van der Waals surface area contributed by atoms with Gasteiger partial charge in [-0.25, -0.2) is 8.78 Å². The second-order valence-corrected chi connectivity index (χ2v) is 5.85. The third-order valence-corrected chi connectivity index (χ3v) is 4.10. The molecule has 134 valence electrons. The summed E-state index contributed by atoms with van der Waals surface area (Å²) in [6.07, 6.45) is -5.47. The van der Waals surface area contributed by atoms with E-state index in [4.69, 9.17) is 22.1 Å². The van der Waals surface area contributed by atoms with E-state index < -0.39 is 47.0 Å². The monoisotopic (exact) mass is 374 g/mol. The fraction of sp³-hybridized carbons (Fsp3) is 0.429. The van der Waals surface area contributed by atoms with Crippen LogP contribution in [0.2, 0.25) is 0 Å². The standard InChI is InChI=1S/C14H13ClF2N4O4/c1-5(22)8-9(23)14(17,2-3-15)12(25-8)21-4-6(16)7-10(21)19-13(18)20-11(7)24/h4-5,8-9,12,22-23H,1H3,(H3,18,19,20,24)/t5-,8-,9+,12-,14?/m1/s1. The summed E-state index contributed by atoms with van der Waals surface area (Å²) >= 11 is 5.29. The van der Waals surface area contributed by atoms with E-state index >= 15 is 4.39 Å². The summed E-state index contributed by atoms with van der Waals surface area (Å²) in [5.41, 5.74) is 1.50. The highest BCUT2D eigenvalue weighted by atomic mass is 35.5. The van der Waals surface area contributed by atoms with E-state index in [9.17, 15) is 19.4 Å². The van der Waals surface area contributed by atoms with E-state index in [0.29, 0.717) is 0 Å². The minimum absolute atomic E-state index is 0.305. The second kappa shape index (κ2) is 5.96. The zero-order valence-electron chi connectivity index (χ0n) is 12.7. The van der Waals surface area contributed by atoms with Crippen LogP contribution in [0.4, 0.5) is 14.7 Å². The number of anilines is 1. The molecule has 0 aromatic carbocycles. The number of nitrogens with zero attached hydrogens (tertiary/aromatic N) is 2. The van der Waals surface area contributed by atoms with Gasteiger partial charge in [-0.1, -0.05) is 0 Å². The highest BCUT2D eigenvalue weighted by Crippen LogP contribution is 2.43. The first kappa shape index (κ1) is 17.6. The Morgan fingerprint density at radius 1 is 1.64 bits per heavy atom. The first-order valence-corrected chi connectivity index (χ1v) is 7.47. The van der Waals surface area contributed by atoms with Crippen LogP contribution in [0.3, 0.4) is 0 Å². The fourth-order valence-electron chi connectivity index (χ4n) is 2.87. The van der Waals surface area contributed by atoms with Crippen LogP contribution in [-0.4, -0.2) is 48.7 Å². The summed E-state index contributed by atoms with van der Waals surface area (Å²) < 4.78 is 35.8. The number of halogens is 3. The molecule has 25 heavy (non-hydrogen) atoms. The van der Waals surface area contributed by atoms with E-state index in [0.717, 1.165) is 10.8 Å². The molecule has 2 aromatic rings. The maximum atomic E-state index is 15.4. The lowest BCUT2D eigenvalue weighted by atomic mass is 9.95. The lowest BCUT2D eigenvalue weighted by Gasteiger charge is -2.24. The molecule has 1 aliphatic rings. The van der Waals surface area contributed by atoms with Gasteiger partial charge in [-0.05, 0) is 24.4 Å². The molecule has 8 nitrogen and oxygen atoms in total. The molecule has 2 aromatic heterocycles. The van der Waals surface area contributed by atoms with Gasteiger partial charge in [-0.3, -0.25) is 14.3 Å². The van der Waals surface area contributed by atoms with Crippen LogP contribution in [-0.2, 0) is 4.74 Å². The smallest absolute Gasteiger partial charge is 0.264 e. The van der Waals surface area contributed by atoms with Gasteiger partial charge in [0.2, 0.25) is 11.6 Å². The average Bonchev–Trinajstić information content (AvgIpc) is 2.96. The number of rotatable bonds is 2. The largest absolute Gasteiger partial charge is 0.391 e. The topological polar surface area (TPSA) is 126 Å². The number of aromatic amines is 1. The number of aliphatic hydroxyl groups is 2. The van der Waals surface area contributed by atoms with Crippen LogP contribution in [0, 0.1) is 17.1 Å². The van der Waals surface area contributed by atoms with Gasteiger partial charge in [0.15, 0.2) is 17.7 Å². The lowest BCUT2D eigenvalue weighted by Crippen LogP contribution is -2.44. The van der Waals surface area contributed by atoms with Crippen LogP contribution in [0.15, 0.2) is 11.0 Å². The highest BCUT2D eigenvalue weighted by Gasteiger charge is 2.59. The zero-order valence-corrected chi connectivity index (χ0v) is 13.5. The molecule has 1 aliphatic heterocycles. The molecule has 0 radical (unpaired) electrons. The van der Waals surface area contributed by atoms with Crippen LogP contribution in [0.25, 0.3) is 11.0 Å². The Labute approximate surface area is 144 Å². The molecule has 3 rings (SSSR count). The molecule has 0 spiro atoms. The number of hydrogen-bond acceptors (Lipinski definition) is 6. The molecule has 1 unspecified atom stereocenters. The summed E-state index contributed by atoms with van der Waals surface area (Å²) in [4.78, 5) is 17.8. The molecule has 3 heterocycles. The van der Waals surface area contributed by atoms with Crippen LogP contribution < -0.4 is 11.3 Å². The maximum absolute atomic E-state index is 15.4. The Kier molecular flexibility index (Phi) is 4.20. The number of aliphatic hydroxyl groups excluding tert-OH is 2. The van der Waals surface area contributed by atoms with Crippen molar-refractivity contribution in [3.8, 4) is 11.3 Å². The molecule has 1 fully saturated rings. The van der Waals surface area contributed by atoms with Gasteiger partial charge in [0.05, 0.1) is 6.10 Å². The highest BCUT2D eigenvalue weighted by molar-refractivity contribution is 6.30. The summed E-state index contributed by atoms with van der Waals surface area (Å²) in [6, 6.07) is 0. The minimum atomic E-state index is -2.79. The number of nitrogens with two attached hydrogens (primary N) is 1. The Bertz CT molecular complexity index is 950. The van der Waals surface area contributed by atoms with Gasteiger partial charge in [-0.15, -0.1) is 0 Å². The van der Waals surface area contributed by atoms with Crippen molar-refractivity contribution in [2.45, 2.75) is 37.1 Å². The normalized spacial score (nSPS) is 30.2. The third kappa shape index (κ3) is 2.56. The number of H-pyrrole nitrogens is 1. The Balaban J connectivity index is 2.25. The van der Waals surface area contributed by atoms with Crippen LogP contribution in [0.1, 0.15) is 13.2 Å². The van der Waals surface area contributed by atoms with Crippen molar-refractivity contribution >= 4 is 28.6 Å². The summed E-state index contributed by atoms with van der Waals surface area (Å²) in [6.45, 7) is 1.28. The first-order chi connectivity index (χ1) is 11.7. The van der Waals surface area contributed by atoms with Crippen molar-refractivity contribution in [3.05, 3.63) is 22.4 Å². The fourth-order valence-corrected chi connectivity index (χ4v) is 3.01. The van der Waals surface area contributed by atoms with Crippen molar-refractivity contribution in [3.63, 3.8) is 0 Å². The van der Waals surface area contributed by atoms with Gasteiger partial charge >= 0.3 is 0 Å². The van der Waals surface area contributed by atoms with E-state index in [1.54, 1.807) is 0 Å². The van der Waals surface area contributed by atoms with Gasteiger partial charge in [0.1, 0.15) is 17.6 Å². The van der Waals surface area contributed by atoms with Gasteiger partial charge in [-0.2, -0.15) is 4.98 Å². The molecule has 5 atom stereocenters. The van der Waals surface area contributed by atoms with Crippen molar-refractivity contribution in [1.29, 1.82) is 0 Å². The molecular weight excluding hydrogens is 362 g/mol. The predicted molar refractivity (Wildman–Crippen MR) is 83.8 cm³/mol. The van der Waals surface area contributed by atoms with Crippen molar-refractivity contribution in [2.75, 3.05) is 5.73 Å². The molecule has 1 saturated heterocycles. The number of fused-ring (bicyclic) bond motifs is 1. The van der Waals surface area contributed by atoms with Gasteiger partial charge in [0, 0.05) is 11.6 Å². The van der Waals surface area contributed by atoms with Gasteiger partial charge in [0.25, 0.3) is 5.56 Å². The SMILES string of the molecule is C[C@@H](O)[C@H]1O[C@@H](n2cc(F)c3c(=O)[nH]c(N)nc32)C(F)(C#CCl)[C@H]1O. The number of nitrogen functional groups attached to an aromatic ring is 1. The Morgan fingerprint density at radius 3 is 2.92 bits per heavy atom. The van der Waals surface area contributed by atoms with E-state index in [-0.39, 0.29) is 11.6 Å². The summed E-state index contributed by atoms with van der Waals surface area (Å²) in [5, 5.41) is 21.2. The van der Waals surface area contributed by atoms with Crippen molar-refractivity contribution in [1.82, 2.24) is 14.5 Å². The molecule has 0 amide bonds. The average molecular weight is 375 g/mol. The van der Waals surface area contributed by atoms with E-state index in [1.807, 2.05) is 11.3 Å². The third-order valence-electron chi connectivity index (χ3n) is 4.01. The molecule has 11 heteroatoms. The number of nitrogens with one attached hydrogen (secondary N) is 1. The minimum Gasteiger partial charge on any atom is -0.391 e. The summed E-state index contributed by atoms with van der Waals surface area (Å²) in [5.74, 6) is 0.661. The molecule has 0 saturated carbocycles. The van der Waals surface area contributed by atoms with Gasteiger partial charge < -0.3 is 20.7 Å². The van der Waals surface area contributed by atoms with Crippen molar-refractivity contribution in [2.24, 2.45) is 0 Å². The van der Waals surface area contributed by atoms with Crippen LogP contribution in [0.5, 0.6) is 0 Å². The predicted octanol–water partition coefficient (Wildman–Crippen LogP) is -0.00700.